The zero-order valence-electron chi connectivity index (χ0n) is 47.2. The van der Waals surface area contributed by atoms with Crippen LogP contribution in [0.25, 0.3) is 33.6 Å². The van der Waals surface area contributed by atoms with Crippen molar-refractivity contribution >= 4 is 36.2 Å². The van der Waals surface area contributed by atoms with Crippen LogP contribution < -0.4 is 29.6 Å². The van der Waals surface area contributed by atoms with Crippen LogP contribution in [0, 0.1) is 11.8 Å². The molecule has 6 atom stereocenters. The quantitative estimate of drug-likeness (QED) is 0.0799. The van der Waals surface area contributed by atoms with Crippen molar-refractivity contribution in [2.75, 3.05) is 40.9 Å². The Morgan fingerprint density at radius 1 is 0.524 bits per heavy atom. The molecular formula is C60H64N10O14. The number of nitrogens with zero attached hydrogens (tertiary/aromatic N) is 6. The number of alkyl carbamates (subject to hydrolysis) is 2. The number of carbonyl (C=O) groups is 6. The van der Waals surface area contributed by atoms with E-state index in [1.165, 1.54) is 14.2 Å². The highest BCUT2D eigenvalue weighted by Crippen LogP contribution is 2.42. The van der Waals surface area contributed by atoms with Crippen molar-refractivity contribution in [2.24, 2.45) is 11.8 Å². The summed E-state index contributed by atoms with van der Waals surface area (Å²) in [6, 6.07) is 20.4. The largest absolute Gasteiger partial charge is 0.454 e. The van der Waals surface area contributed by atoms with Gasteiger partial charge in [-0.05, 0) is 80.6 Å². The lowest BCUT2D eigenvalue weighted by molar-refractivity contribution is -0.136. The van der Waals surface area contributed by atoms with Crippen molar-refractivity contribution in [2.45, 2.75) is 103 Å². The summed E-state index contributed by atoms with van der Waals surface area (Å²) in [5.74, 6) is 2.22. The molecule has 8 heterocycles. The lowest BCUT2D eigenvalue weighted by Gasteiger charge is -2.29. The second-order valence-corrected chi connectivity index (χ2v) is 22.4. The normalized spacial score (nSPS) is 19.8. The van der Waals surface area contributed by atoms with E-state index < -0.39 is 60.7 Å². The second kappa shape index (κ2) is 22.7. The number of benzene rings is 4. The molecule has 6 aliphatic heterocycles. The topological polar surface area (TPSA) is 271 Å². The van der Waals surface area contributed by atoms with Gasteiger partial charge < -0.3 is 68.3 Å². The molecule has 24 nitrogen and oxygen atoms in total. The molecule has 0 saturated carbocycles. The van der Waals surface area contributed by atoms with Gasteiger partial charge in [0, 0.05) is 39.0 Å². The summed E-state index contributed by atoms with van der Waals surface area (Å²) in [5.41, 5.74) is 8.76. The van der Waals surface area contributed by atoms with E-state index in [-0.39, 0.29) is 63.2 Å². The molecule has 4 N–H and O–H groups in total. The molecule has 2 fully saturated rings. The highest BCUT2D eigenvalue weighted by Gasteiger charge is 2.46. The Morgan fingerprint density at radius 2 is 0.857 bits per heavy atom. The standard InChI is InChI=1S/C60H64N10O14/c1-31(2)51(65-57(73)77-5)55(71)69-27-41(83-59(75)67-23-37-15-47-48(80-29-79-47)16-38(37)24-67)19-45(69)53-61-21-43(63-53)35-11-7-33(8-12-35)34-9-13-36(14-10-34)44-22-62-54(64-44)46-20-42(28-70(46)56(72)52(32(3)4)66-58(74)78-6)84-60(76)68-25-39-17-49-50(82-30-81-49)18-40(39)26-68/h7-18,21-22,31-32,41-42,45-46,51-52H,19-20,23-30H2,1-6H3,(H,61,63)(H,62,64)(H,65,73)(H,66,74)/t41-,42-,45?,46?,51+,52+/m1/s1. The van der Waals surface area contributed by atoms with Crippen LogP contribution >= 0.6 is 0 Å². The molecule has 2 saturated heterocycles. The fourth-order valence-corrected chi connectivity index (χ4v) is 11.8. The number of nitrogens with one attached hydrogen (secondary N) is 4. The maximum absolute atomic E-state index is 14.4. The first-order valence-corrected chi connectivity index (χ1v) is 27.9. The van der Waals surface area contributed by atoms with E-state index in [1.807, 2.05) is 100 Å². The van der Waals surface area contributed by atoms with Gasteiger partial charge in [0.1, 0.15) is 35.9 Å². The fourth-order valence-electron chi connectivity index (χ4n) is 11.8. The Balaban J connectivity index is 0.721. The van der Waals surface area contributed by atoms with Gasteiger partial charge in [0.25, 0.3) is 0 Å². The number of likely N-dealkylation sites (tertiary alicyclic amines) is 2. The summed E-state index contributed by atoms with van der Waals surface area (Å²) in [6.07, 6.45) is 0.0604. The lowest BCUT2D eigenvalue weighted by atomic mass is 10.0. The summed E-state index contributed by atoms with van der Waals surface area (Å²) in [6.45, 7) is 9.11. The Morgan fingerprint density at radius 3 is 1.18 bits per heavy atom. The number of imidazole rings is 2. The summed E-state index contributed by atoms with van der Waals surface area (Å²) in [4.78, 5) is 104. The van der Waals surface area contributed by atoms with Gasteiger partial charge in [-0.25, -0.2) is 29.1 Å². The smallest absolute Gasteiger partial charge is 0.410 e. The first-order chi connectivity index (χ1) is 40.6. The Labute approximate surface area is 483 Å². The molecule has 6 aromatic rings. The number of aromatic amines is 2. The minimum Gasteiger partial charge on any atom is -0.454 e. The zero-order chi connectivity index (χ0) is 58.5. The molecule has 4 aromatic carbocycles. The van der Waals surface area contributed by atoms with E-state index >= 15 is 0 Å². The van der Waals surface area contributed by atoms with Crippen molar-refractivity contribution in [3.05, 3.63) is 119 Å². The summed E-state index contributed by atoms with van der Waals surface area (Å²) in [5, 5.41) is 5.37. The van der Waals surface area contributed by atoms with Crippen molar-refractivity contribution in [3.8, 4) is 56.6 Å². The van der Waals surface area contributed by atoms with Crippen LogP contribution in [0.2, 0.25) is 0 Å². The van der Waals surface area contributed by atoms with Gasteiger partial charge >= 0.3 is 24.4 Å². The lowest BCUT2D eigenvalue weighted by Crippen LogP contribution is -2.51. The molecule has 24 heteroatoms. The van der Waals surface area contributed by atoms with Crippen LogP contribution in [0.4, 0.5) is 19.2 Å². The van der Waals surface area contributed by atoms with Gasteiger partial charge in [0.05, 0.1) is 63.2 Å². The number of hydrogen-bond donors (Lipinski definition) is 4. The van der Waals surface area contributed by atoms with E-state index in [9.17, 15) is 28.8 Å². The highest BCUT2D eigenvalue weighted by atomic mass is 16.7. The van der Waals surface area contributed by atoms with Crippen molar-refractivity contribution in [3.63, 3.8) is 0 Å². The highest BCUT2D eigenvalue weighted by molar-refractivity contribution is 5.87. The molecule has 84 heavy (non-hydrogen) atoms. The van der Waals surface area contributed by atoms with Gasteiger partial charge in [-0.3, -0.25) is 19.4 Å². The Bertz CT molecular complexity index is 3230. The van der Waals surface area contributed by atoms with Gasteiger partial charge in [0.15, 0.2) is 23.0 Å². The van der Waals surface area contributed by atoms with Crippen LogP contribution in [0.5, 0.6) is 23.0 Å². The molecule has 6 aliphatic rings. The fraction of sp³-hybridized carbons (Fsp3) is 0.400. The van der Waals surface area contributed by atoms with E-state index in [0.717, 1.165) is 44.5 Å². The molecule has 12 rings (SSSR count). The van der Waals surface area contributed by atoms with Crippen LogP contribution in [-0.4, -0.2) is 141 Å². The Kier molecular flexibility index (Phi) is 14.9. The molecule has 438 valence electrons. The average Bonchev–Trinajstić information content (AvgIpc) is 3.05. The zero-order valence-corrected chi connectivity index (χ0v) is 47.2. The maximum atomic E-state index is 14.4. The second-order valence-electron chi connectivity index (χ2n) is 22.4. The third-order valence-electron chi connectivity index (χ3n) is 16.3. The summed E-state index contributed by atoms with van der Waals surface area (Å²) >= 11 is 0. The maximum Gasteiger partial charge on any atom is 0.410 e. The molecule has 0 spiro atoms. The van der Waals surface area contributed by atoms with E-state index in [0.29, 0.717) is 72.2 Å². The predicted octanol–water partition coefficient (Wildman–Crippen LogP) is 7.94. The number of methoxy groups -OCH3 is 2. The van der Waals surface area contributed by atoms with Crippen molar-refractivity contribution in [1.82, 2.24) is 50.2 Å². The third kappa shape index (κ3) is 10.9. The van der Waals surface area contributed by atoms with Crippen LogP contribution in [0.1, 0.15) is 86.5 Å². The van der Waals surface area contributed by atoms with Gasteiger partial charge in [-0.2, -0.15) is 0 Å². The average molecular weight is 1150 g/mol. The number of hydrogen-bond acceptors (Lipinski definition) is 16. The number of amides is 6. The van der Waals surface area contributed by atoms with Crippen molar-refractivity contribution < 1.29 is 66.7 Å². The number of fused-ring (bicyclic) bond motifs is 4. The first-order valence-electron chi connectivity index (χ1n) is 27.9. The monoisotopic (exact) mass is 1150 g/mol. The SMILES string of the molecule is COC(=O)N[C@H](C(=O)N1C[C@H](OC(=O)N2Cc3cc4c(cc3C2)OCO4)CC1c1ncc(-c2ccc(-c3ccc(-c4cnc(C5C[C@@H](OC(=O)N6Cc7cc8c(cc7C6)OCO8)CN5C(=O)[C@@H](NC(=O)OC)C(C)C)[nH]4)cc3)cc2)[nH]1)C(C)C. The van der Waals surface area contributed by atoms with Gasteiger partial charge in [-0.1, -0.05) is 76.2 Å². The number of H-pyrrole nitrogens is 2. The molecule has 2 unspecified atom stereocenters. The minimum atomic E-state index is -0.924. The van der Waals surface area contributed by atoms with E-state index in [4.69, 9.17) is 47.9 Å². The molecule has 0 radical (unpaired) electrons. The third-order valence-corrected chi connectivity index (χ3v) is 16.3. The first kappa shape index (κ1) is 55.1. The van der Waals surface area contributed by atoms with Crippen LogP contribution in [0.3, 0.4) is 0 Å². The Hall–Kier alpha value is -9.48. The molecule has 0 bridgehead atoms. The van der Waals surface area contributed by atoms with Crippen LogP contribution in [0.15, 0.2) is 85.2 Å². The van der Waals surface area contributed by atoms with Crippen LogP contribution in [-0.2, 0) is 54.7 Å². The van der Waals surface area contributed by atoms with Gasteiger partial charge in [0.2, 0.25) is 25.4 Å². The molecular weight excluding hydrogens is 1080 g/mol. The molecule has 0 aliphatic carbocycles. The molecule has 6 amide bonds. The number of aromatic nitrogens is 4. The number of ether oxygens (including phenoxy) is 8. The molecule has 2 aromatic heterocycles. The summed E-state index contributed by atoms with van der Waals surface area (Å²) < 4.78 is 44.1. The van der Waals surface area contributed by atoms with Gasteiger partial charge in [-0.15, -0.1) is 0 Å². The predicted molar refractivity (Wildman–Crippen MR) is 298 cm³/mol. The minimum absolute atomic E-state index is 0.0736. The van der Waals surface area contributed by atoms with Crippen molar-refractivity contribution in [1.29, 1.82) is 0 Å². The number of carbonyl (C=O) groups excluding carboxylic acids is 6. The number of rotatable bonds is 13. The summed E-state index contributed by atoms with van der Waals surface area (Å²) in [7, 11) is 2.48. The van der Waals surface area contributed by atoms with E-state index in [1.54, 1.807) is 32.0 Å². The van der Waals surface area contributed by atoms with E-state index in [2.05, 4.69) is 20.6 Å².